The van der Waals surface area contributed by atoms with Gasteiger partial charge in [0.15, 0.2) is 11.7 Å². The van der Waals surface area contributed by atoms with E-state index in [4.69, 9.17) is 0 Å². The van der Waals surface area contributed by atoms with Crippen LogP contribution in [0.5, 0.6) is 0 Å². The summed E-state index contributed by atoms with van der Waals surface area (Å²) in [6.45, 7) is 4.21. The molecule has 0 spiro atoms. The first kappa shape index (κ1) is 25.3. The topological polar surface area (TPSA) is 58.2 Å². The van der Waals surface area contributed by atoms with Crippen molar-refractivity contribution in [2.75, 3.05) is 0 Å². The second-order valence-corrected chi connectivity index (χ2v) is 7.89. The van der Waals surface area contributed by atoms with Gasteiger partial charge in [0.25, 0.3) is 11.8 Å². The zero-order chi connectivity index (χ0) is 21.5. The molecule has 1 rings (SSSR count). The van der Waals surface area contributed by atoms with E-state index < -0.39 is 23.5 Å². The number of amides is 2. The molecule has 2 atom stereocenters. The second kappa shape index (κ2) is 15.2. The van der Waals surface area contributed by atoms with Crippen molar-refractivity contribution >= 4 is 11.8 Å². The lowest BCUT2D eigenvalue weighted by molar-refractivity contribution is -0.122. The fourth-order valence-corrected chi connectivity index (χ4v) is 3.57. The van der Waals surface area contributed by atoms with E-state index in [1.807, 2.05) is 0 Å². The van der Waals surface area contributed by atoms with Gasteiger partial charge in [0.1, 0.15) is 0 Å². The molecule has 2 N–H and O–H groups in total. The lowest BCUT2D eigenvalue weighted by Gasteiger charge is -2.21. The summed E-state index contributed by atoms with van der Waals surface area (Å²) in [5, 5.41) is 5.31. The van der Waals surface area contributed by atoms with Crippen LogP contribution in [0.25, 0.3) is 0 Å². The predicted octanol–water partition coefficient (Wildman–Crippen LogP) is 5.79. The summed E-state index contributed by atoms with van der Waals surface area (Å²) in [6.07, 6.45) is 14.0. The van der Waals surface area contributed by atoms with E-state index in [-0.39, 0.29) is 12.1 Å². The average Bonchev–Trinajstić information content (AvgIpc) is 3.13. The molecule has 4 nitrogen and oxygen atoms in total. The lowest BCUT2D eigenvalue weighted by Crippen LogP contribution is -2.48. The molecule has 1 fully saturated rings. The molecule has 2 amide bonds. The van der Waals surface area contributed by atoms with Gasteiger partial charge in [-0.25, -0.2) is 8.78 Å². The van der Waals surface area contributed by atoms with Gasteiger partial charge >= 0.3 is 0 Å². The maximum atomic E-state index is 14.0. The summed E-state index contributed by atoms with van der Waals surface area (Å²) < 4.78 is 28.0. The third kappa shape index (κ3) is 10.6. The molecule has 0 aliphatic heterocycles. The molecule has 2 unspecified atom stereocenters. The monoisotopic (exact) mass is 412 g/mol. The number of halogens is 2. The minimum absolute atomic E-state index is 0.372. The van der Waals surface area contributed by atoms with Crippen LogP contribution >= 0.6 is 0 Å². The largest absolute Gasteiger partial charge is 0.345 e. The average molecular weight is 413 g/mol. The van der Waals surface area contributed by atoms with Crippen LogP contribution in [0.3, 0.4) is 0 Å². The van der Waals surface area contributed by atoms with Gasteiger partial charge in [-0.1, -0.05) is 52.4 Å². The molecule has 166 valence electrons. The number of carbonyl (C=O) groups is 2. The summed E-state index contributed by atoms with van der Waals surface area (Å²) in [4.78, 5) is 24.1. The molecule has 0 heterocycles. The van der Waals surface area contributed by atoms with E-state index >= 15 is 0 Å². The zero-order valence-electron chi connectivity index (χ0n) is 18.1. The van der Waals surface area contributed by atoms with E-state index in [9.17, 15) is 18.4 Å². The molecule has 1 aliphatic carbocycles. The molecule has 1 aliphatic rings. The molecule has 1 saturated carbocycles. The van der Waals surface area contributed by atoms with Gasteiger partial charge in [-0.3, -0.25) is 9.59 Å². The fourth-order valence-electron chi connectivity index (χ4n) is 3.57. The van der Waals surface area contributed by atoms with Crippen molar-refractivity contribution in [1.29, 1.82) is 0 Å². The number of unbranched alkanes of at least 4 members (excludes halogenated alkanes) is 8. The number of hydrogen-bond donors (Lipinski definition) is 2. The third-order valence-electron chi connectivity index (χ3n) is 5.35. The van der Waals surface area contributed by atoms with Crippen molar-refractivity contribution in [3.05, 3.63) is 23.8 Å². The highest BCUT2D eigenvalue weighted by Crippen LogP contribution is 2.20. The van der Waals surface area contributed by atoms with Crippen LogP contribution in [-0.2, 0) is 9.59 Å². The predicted molar refractivity (Wildman–Crippen MR) is 114 cm³/mol. The van der Waals surface area contributed by atoms with Crippen LogP contribution in [0, 0.1) is 0 Å². The Bertz CT molecular complexity index is 513. The van der Waals surface area contributed by atoms with E-state index in [1.54, 1.807) is 0 Å². The zero-order valence-corrected chi connectivity index (χ0v) is 18.1. The minimum atomic E-state index is -0.781. The summed E-state index contributed by atoms with van der Waals surface area (Å²) in [5.74, 6) is -3.06. The molecule has 0 aromatic heterocycles. The summed E-state index contributed by atoms with van der Waals surface area (Å²) in [6, 6.07) is -0.744. The Kier molecular flexibility index (Phi) is 13.2. The van der Waals surface area contributed by atoms with Gasteiger partial charge in [0.2, 0.25) is 0 Å². The van der Waals surface area contributed by atoms with Crippen LogP contribution in [0.4, 0.5) is 8.78 Å². The normalized spacial score (nSPS) is 20.0. The molecule has 0 aromatic carbocycles. The van der Waals surface area contributed by atoms with Gasteiger partial charge in [0, 0.05) is 12.1 Å². The molecule has 0 aromatic rings. The van der Waals surface area contributed by atoms with Crippen LogP contribution in [-0.4, -0.2) is 23.9 Å². The van der Waals surface area contributed by atoms with Crippen LogP contribution in [0.2, 0.25) is 0 Å². The highest BCUT2D eigenvalue weighted by atomic mass is 19.1. The molecule has 29 heavy (non-hydrogen) atoms. The minimum Gasteiger partial charge on any atom is -0.345 e. The first-order valence-corrected chi connectivity index (χ1v) is 11.3. The second-order valence-electron chi connectivity index (χ2n) is 7.89. The van der Waals surface area contributed by atoms with Crippen molar-refractivity contribution in [1.82, 2.24) is 10.6 Å². The summed E-state index contributed by atoms with van der Waals surface area (Å²) >= 11 is 0. The van der Waals surface area contributed by atoms with E-state index in [1.165, 1.54) is 12.2 Å². The Balaban J connectivity index is 2.43. The lowest BCUT2D eigenvalue weighted by atomic mass is 10.1. The van der Waals surface area contributed by atoms with Crippen molar-refractivity contribution in [3.63, 3.8) is 0 Å². The van der Waals surface area contributed by atoms with Crippen molar-refractivity contribution in [3.8, 4) is 0 Å². The number of allylic oxidation sites excluding steroid dienone is 2. The number of rotatable bonds is 14. The Morgan fingerprint density at radius 3 is 1.55 bits per heavy atom. The SMILES string of the molecule is CCCCCCC=C(F)C(=O)NC1CCCC1NC(=O)C(F)=CCCCCCC. The van der Waals surface area contributed by atoms with Gasteiger partial charge < -0.3 is 10.6 Å². The molecule has 6 heteroatoms. The maximum Gasteiger partial charge on any atom is 0.279 e. The first-order chi connectivity index (χ1) is 14.0. The number of hydrogen-bond acceptors (Lipinski definition) is 2. The Labute approximate surface area is 174 Å². The maximum absolute atomic E-state index is 14.0. The van der Waals surface area contributed by atoms with E-state index in [0.29, 0.717) is 25.7 Å². The molecular weight excluding hydrogens is 374 g/mol. The van der Waals surface area contributed by atoms with Crippen molar-refractivity contribution < 1.29 is 18.4 Å². The molecule has 0 bridgehead atoms. The van der Waals surface area contributed by atoms with Gasteiger partial charge in [0.05, 0.1) is 0 Å². The van der Waals surface area contributed by atoms with Gasteiger partial charge in [-0.15, -0.1) is 0 Å². The van der Waals surface area contributed by atoms with Crippen LogP contribution < -0.4 is 10.6 Å². The molecular formula is C23H38F2N2O2. The van der Waals surface area contributed by atoms with Crippen molar-refractivity contribution in [2.45, 2.75) is 109 Å². The Morgan fingerprint density at radius 2 is 1.17 bits per heavy atom. The van der Waals surface area contributed by atoms with Crippen molar-refractivity contribution in [2.24, 2.45) is 0 Å². The highest BCUT2D eigenvalue weighted by molar-refractivity contribution is 5.92. The van der Waals surface area contributed by atoms with Gasteiger partial charge in [-0.05, 0) is 57.1 Å². The van der Waals surface area contributed by atoms with Gasteiger partial charge in [-0.2, -0.15) is 0 Å². The Hall–Kier alpha value is -1.72. The van der Waals surface area contributed by atoms with E-state index in [0.717, 1.165) is 57.8 Å². The summed E-state index contributed by atoms with van der Waals surface area (Å²) in [7, 11) is 0. The first-order valence-electron chi connectivity index (χ1n) is 11.3. The summed E-state index contributed by atoms with van der Waals surface area (Å²) in [5.41, 5.74) is 0. The molecule has 0 saturated heterocycles. The smallest absolute Gasteiger partial charge is 0.279 e. The highest BCUT2D eigenvalue weighted by Gasteiger charge is 2.31. The Morgan fingerprint density at radius 1 is 0.759 bits per heavy atom. The van der Waals surface area contributed by atoms with E-state index in [2.05, 4.69) is 24.5 Å². The quantitative estimate of drug-likeness (QED) is 0.280. The molecule has 0 radical (unpaired) electrons. The standard InChI is InChI=1S/C23H38F2N2O2/c1-3-5-7-9-11-14-18(24)22(28)26-20-16-13-17-21(20)27-23(29)19(25)15-12-10-8-6-4-2/h14-15,20-21H,3-13,16-17H2,1-2H3,(H,26,28)(H,27,29). The van der Waals surface area contributed by atoms with Crippen LogP contribution in [0.15, 0.2) is 23.8 Å². The third-order valence-corrected chi connectivity index (χ3v) is 5.35. The number of nitrogens with one attached hydrogen (secondary N) is 2. The number of carbonyl (C=O) groups excluding carboxylic acids is 2. The fraction of sp³-hybridized carbons (Fsp3) is 0.739. The van der Waals surface area contributed by atoms with Crippen LogP contribution in [0.1, 0.15) is 97.3 Å².